The first-order valence-corrected chi connectivity index (χ1v) is 10.3. The molecule has 160 valence electrons. The van der Waals surface area contributed by atoms with Crippen LogP contribution in [-0.4, -0.2) is 55.5 Å². The first-order valence-electron chi connectivity index (χ1n) is 10.3. The highest BCUT2D eigenvalue weighted by Gasteiger charge is 2.16. The summed E-state index contributed by atoms with van der Waals surface area (Å²) in [6, 6.07) is 18.0. The number of aromatic hydroxyl groups is 1. The molecule has 0 bridgehead atoms. The number of carbonyl (C=O) groups is 1. The molecule has 1 aliphatic heterocycles. The fraction of sp³-hybridized carbons (Fsp3) is 0.250. The number of aromatic nitrogens is 1. The zero-order valence-electron chi connectivity index (χ0n) is 17.2. The van der Waals surface area contributed by atoms with E-state index in [0.29, 0.717) is 31.9 Å². The highest BCUT2D eigenvalue weighted by atomic mass is 16.5. The maximum atomic E-state index is 12.1. The van der Waals surface area contributed by atoms with E-state index in [0.717, 1.165) is 35.8 Å². The van der Waals surface area contributed by atoms with Crippen LogP contribution >= 0.6 is 0 Å². The molecule has 31 heavy (non-hydrogen) atoms. The molecule has 3 aromatic rings. The quantitative estimate of drug-likeness (QED) is 0.573. The molecule has 1 fully saturated rings. The van der Waals surface area contributed by atoms with E-state index in [1.54, 1.807) is 12.1 Å². The van der Waals surface area contributed by atoms with Gasteiger partial charge in [-0.1, -0.05) is 12.1 Å². The fourth-order valence-corrected chi connectivity index (χ4v) is 3.43. The Morgan fingerprint density at radius 2 is 1.81 bits per heavy atom. The smallest absolute Gasteiger partial charge is 0.251 e. The second-order valence-electron chi connectivity index (χ2n) is 7.15. The number of nitrogens with one attached hydrogen (secondary N) is 1. The van der Waals surface area contributed by atoms with Gasteiger partial charge in [0.05, 0.1) is 19.8 Å². The molecule has 2 N–H and O–H groups in total. The number of phenolic OH excluding ortho intramolecular Hbond substituents is 1. The summed E-state index contributed by atoms with van der Waals surface area (Å²) in [5.41, 5.74) is 2.65. The van der Waals surface area contributed by atoms with Crippen molar-refractivity contribution in [2.45, 2.75) is 0 Å². The number of phenols is 1. The van der Waals surface area contributed by atoms with Crippen molar-refractivity contribution >= 4 is 11.7 Å². The van der Waals surface area contributed by atoms with Crippen molar-refractivity contribution in [3.8, 4) is 22.6 Å². The fourth-order valence-electron chi connectivity index (χ4n) is 3.43. The average Bonchev–Trinajstić information content (AvgIpc) is 2.83. The lowest BCUT2D eigenvalue weighted by Crippen LogP contribution is -2.37. The summed E-state index contributed by atoms with van der Waals surface area (Å²) in [7, 11) is 0. The van der Waals surface area contributed by atoms with Gasteiger partial charge in [-0.2, -0.15) is 0 Å². The second kappa shape index (κ2) is 9.95. The van der Waals surface area contributed by atoms with E-state index in [9.17, 15) is 9.90 Å². The van der Waals surface area contributed by atoms with Gasteiger partial charge in [0.1, 0.15) is 23.9 Å². The molecule has 1 aliphatic rings. The van der Waals surface area contributed by atoms with Crippen LogP contribution in [0.2, 0.25) is 0 Å². The normalized spacial score (nSPS) is 13.6. The monoisotopic (exact) mass is 419 g/mol. The third-order valence-electron chi connectivity index (χ3n) is 5.05. The maximum absolute atomic E-state index is 12.1. The number of amides is 1. The highest BCUT2D eigenvalue weighted by Crippen LogP contribution is 2.30. The topological polar surface area (TPSA) is 83.9 Å². The van der Waals surface area contributed by atoms with Gasteiger partial charge in [0, 0.05) is 30.4 Å². The molecular formula is C24H25N3O4. The molecule has 7 heteroatoms. The summed E-state index contributed by atoms with van der Waals surface area (Å²) in [5, 5.41) is 12.1. The summed E-state index contributed by atoms with van der Waals surface area (Å²) in [6.07, 6.45) is 1.82. The first-order chi connectivity index (χ1) is 15.2. The Balaban J connectivity index is 1.32. The van der Waals surface area contributed by atoms with Crippen molar-refractivity contribution < 1.29 is 19.4 Å². The Bertz CT molecular complexity index is 1000. The molecule has 2 aromatic carbocycles. The van der Waals surface area contributed by atoms with Crippen LogP contribution in [0.3, 0.4) is 0 Å². The minimum Gasteiger partial charge on any atom is -0.508 e. The van der Waals surface area contributed by atoms with Gasteiger partial charge < -0.3 is 24.8 Å². The van der Waals surface area contributed by atoms with Crippen LogP contribution in [0.25, 0.3) is 11.1 Å². The van der Waals surface area contributed by atoms with Crippen molar-refractivity contribution in [2.24, 2.45) is 0 Å². The van der Waals surface area contributed by atoms with Crippen molar-refractivity contribution in [2.75, 3.05) is 44.4 Å². The Morgan fingerprint density at radius 1 is 1.06 bits per heavy atom. The van der Waals surface area contributed by atoms with Crippen LogP contribution in [0.1, 0.15) is 10.4 Å². The van der Waals surface area contributed by atoms with Gasteiger partial charge in [-0.15, -0.1) is 0 Å². The number of benzene rings is 2. The van der Waals surface area contributed by atoms with E-state index in [1.807, 2.05) is 36.5 Å². The summed E-state index contributed by atoms with van der Waals surface area (Å²) >= 11 is 0. The molecule has 2 heterocycles. The lowest BCUT2D eigenvalue weighted by molar-refractivity contribution is 0.0947. The van der Waals surface area contributed by atoms with Crippen molar-refractivity contribution in [1.82, 2.24) is 10.3 Å². The van der Waals surface area contributed by atoms with Gasteiger partial charge >= 0.3 is 0 Å². The summed E-state index contributed by atoms with van der Waals surface area (Å²) < 4.78 is 11.2. The standard InChI is InChI=1S/C24H25N3O4/c28-20-7-3-19(4-8-20)24(29)26-12-15-31-21-9-5-18(6-10-21)22-2-1-11-25-23(22)27-13-16-30-17-14-27/h1-11,28H,12-17H2,(H,26,29). The molecular weight excluding hydrogens is 394 g/mol. The van der Waals surface area contributed by atoms with E-state index in [1.165, 1.54) is 12.1 Å². The number of carbonyl (C=O) groups excluding carboxylic acids is 1. The van der Waals surface area contributed by atoms with Gasteiger partial charge in [0.25, 0.3) is 5.91 Å². The molecule has 7 nitrogen and oxygen atoms in total. The van der Waals surface area contributed by atoms with Crippen molar-refractivity contribution in [1.29, 1.82) is 0 Å². The number of hydrogen-bond donors (Lipinski definition) is 2. The van der Waals surface area contributed by atoms with Crippen LogP contribution in [-0.2, 0) is 4.74 Å². The van der Waals surface area contributed by atoms with Gasteiger partial charge in [-0.05, 0) is 54.1 Å². The van der Waals surface area contributed by atoms with Crippen molar-refractivity contribution in [3.63, 3.8) is 0 Å². The molecule has 0 unspecified atom stereocenters. The lowest BCUT2D eigenvalue weighted by Gasteiger charge is -2.29. The van der Waals surface area contributed by atoms with E-state index < -0.39 is 0 Å². The van der Waals surface area contributed by atoms with E-state index in [2.05, 4.69) is 21.3 Å². The molecule has 0 atom stereocenters. The van der Waals surface area contributed by atoms with Crippen LogP contribution in [0, 0.1) is 0 Å². The molecule has 1 amide bonds. The number of pyridine rings is 1. The highest BCUT2D eigenvalue weighted by molar-refractivity contribution is 5.94. The Labute approximate surface area is 181 Å². The third-order valence-corrected chi connectivity index (χ3v) is 5.05. The number of ether oxygens (including phenoxy) is 2. The molecule has 4 rings (SSSR count). The summed E-state index contributed by atoms with van der Waals surface area (Å²) in [6.45, 7) is 3.83. The Kier molecular flexibility index (Phi) is 6.64. The van der Waals surface area contributed by atoms with Crippen molar-refractivity contribution in [3.05, 3.63) is 72.4 Å². The van der Waals surface area contributed by atoms with E-state index >= 15 is 0 Å². The van der Waals surface area contributed by atoms with E-state index in [-0.39, 0.29) is 11.7 Å². The molecule has 1 aromatic heterocycles. The molecule has 1 saturated heterocycles. The number of anilines is 1. The molecule has 0 saturated carbocycles. The number of rotatable bonds is 7. The van der Waals surface area contributed by atoms with Crippen LogP contribution in [0.15, 0.2) is 66.9 Å². The minimum atomic E-state index is -0.203. The Morgan fingerprint density at radius 3 is 2.55 bits per heavy atom. The maximum Gasteiger partial charge on any atom is 0.251 e. The zero-order valence-corrected chi connectivity index (χ0v) is 17.2. The summed E-state index contributed by atoms with van der Waals surface area (Å²) in [5.74, 6) is 1.63. The summed E-state index contributed by atoms with van der Waals surface area (Å²) in [4.78, 5) is 18.9. The minimum absolute atomic E-state index is 0.131. The molecule has 0 spiro atoms. The van der Waals surface area contributed by atoms with Crippen LogP contribution in [0.5, 0.6) is 11.5 Å². The predicted molar refractivity (Wildman–Crippen MR) is 119 cm³/mol. The second-order valence-corrected chi connectivity index (χ2v) is 7.15. The number of nitrogens with zero attached hydrogens (tertiary/aromatic N) is 2. The average molecular weight is 419 g/mol. The molecule has 0 aliphatic carbocycles. The van der Waals surface area contributed by atoms with Gasteiger partial charge in [-0.25, -0.2) is 4.98 Å². The predicted octanol–water partition coefficient (Wildman–Crippen LogP) is 3.10. The zero-order chi connectivity index (χ0) is 21.5. The van der Waals surface area contributed by atoms with Gasteiger partial charge in [0.15, 0.2) is 0 Å². The largest absolute Gasteiger partial charge is 0.508 e. The first kappa shape index (κ1) is 20.7. The molecule has 0 radical (unpaired) electrons. The van der Waals surface area contributed by atoms with Gasteiger partial charge in [-0.3, -0.25) is 4.79 Å². The number of hydrogen-bond acceptors (Lipinski definition) is 6. The number of morpholine rings is 1. The van der Waals surface area contributed by atoms with Crippen LogP contribution in [0.4, 0.5) is 5.82 Å². The third kappa shape index (κ3) is 5.32. The lowest BCUT2D eigenvalue weighted by atomic mass is 10.1. The van der Waals surface area contributed by atoms with Crippen LogP contribution < -0.4 is 15.0 Å². The SMILES string of the molecule is O=C(NCCOc1ccc(-c2cccnc2N2CCOCC2)cc1)c1ccc(O)cc1. The van der Waals surface area contributed by atoms with E-state index in [4.69, 9.17) is 9.47 Å². The Hall–Kier alpha value is -3.58. The van der Waals surface area contributed by atoms with Gasteiger partial charge in [0.2, 0.25) is 0 Å².